The molecule has 1 aromatic carbocycles. The van der Waals surface area contributed by atoms with Crippen LogP contribution in [0.5, 0.6) is 0 Å². The van der Waals surface area contributed by atoms with E-state index in [0.717, 1.165) is 24.8 Å². The first-order valence-electron chi connectivity index (χ1n) is 5.62. The molecule has 0 saturated heterocycles. The second-order valence-corrected chi connectivity index (χ2v) is 7.86. The molecule has 3 aliphatic carbocycles. The van der Waals surface area contributed by atoms with Gasteiger partial charge >= 0.3 is 0 Å². The van der Waals surface area contributed by atoms with Gasteiger partial charge in [0.05, 0.1) is 9.77 Å². The first-order chi connectivity index (χ1) is 7.83. The van der Waals surface area contributed by atoms with E-state index in [9.17, 15) is 8.42 Å². The number of halogens is 1. The predicted molar refractivity (Wildman–Crippen MR) is 66.7 cm³/mol. The van der Waals surface area contributed by atoms with Gasteiger partial charge in [0.25, 0.3) is 0 Å². The van der Waals surface area contributed by atoms with Crippen molar-refractivity contribution in [2.24, 2.45) is 0 Å². The highest BCUT2D eigenvalue weighted by molar-refractivity contribution is 7.89. The summed E-state index contributed by atoms with van der Waals surface area (Å²) in [4.78, 5) is 0.215. The van der Waals surface area contributed by atoms with Crippen LogP contribution in [0.4, 0.5) is 0 Å². The Balaban J connectivity index is 1.80. The maximum atomic E-state index is 12.1. The van der Waals surface area contributed by atoms with Crippen LogP contribution in [0, 0.1) is 6.92 Å². The summed E-state index contributed by atoms with van der Waals surface area (Å²) in [5.41, 5.74) is 0.792. The van der Waals surface area contributed by atoms with Crippen molar-refractivity contribution in [2.75, 3.05) is 0 Å². The monoisotopic (exact) mass is 271 g/mol. The molecule has 17 heavy (non-hydrogen) atoms. The van der Waals surface area contributed by atoms with Crippen molar-refractivity contribution >= 4 is 21.6 Å². The fourth-order valence-corrected chi connectivity index (χ4v) is 5.00. The number of alkyl halides is 1. The SMILES string of the molecule is Cc1ccc(S(=O)(=O)NC23CC(Cl)(C2)C3)cc1. The summed E-state index contributed by atoms with van der Waals surface area (Å²) in [5.74, 6) is 0. The molecule has 3 saturated carbocycles. The second-order valence-electron chi connectivity index (χ2n) is 5.38. The summed E-state index contributed by atoms with van der Waals surface area (Å²) in [6.07, 6.45) is 2.27. The lowest BCUT2D eigenvalue weighted by Crippen LogP contribution is -2.76. The van der Waals surface area contributed by atoms with Crippen molar-refractivity contribution in [3.8, 4) is 0 Å². The van der Waals surface area contributed by atoms with Gasteiger partial charge in [0, 0.05) is 5.54 Å². The fraction of sp³-hybridized carbons (Fsp3) is 0.500. The van der Waals surface area contributed by atoms with Gasteiger partial charge in [-0.15, -0.1) is 11.6 Å². The van der Waals surface area contributed by atoms with Crippen molar-refractivity contribution in [3.05, 3.63) is 29.8 Å². The molecule has 1 N–H and O–H groups in total. The highest BCUT2D eigenvalue weighted by Gasteiger charge is 2.68. The maximum Gasteiger partial charge on any atom is 0.241 e. The number of rotatable bonds is 3. The Bertz CT molecular complexity index is 545. The molecule has 0 radical (unpaired) electrons. The normalized spacial score (nSPS) is 34.9. The Labute approximate surface area is 106 Å². The molecule has 1 aromatic rings. The first-order valence-corrected chi connectivity index (χ1v) is 7.48. The Kier molecular flexibility index (Phi) is 2.20. The van der Waals surface area contributed by atoms with Crippen molar-refractivity contribution in [2.45, 2.75) is 41.5 Å². The van der Waals surface area contributed by atoms with E-state index in [4.69, 9.17) is 11.6 Å². The molecular weight excluding hydrogens is 258 g/mol. The summed E-state index contributed by atoms with van der Waals surface area (Å²) < 4.78 is 27.0. The molecule has 0 spiro atoms. The van der Waals surface area contributed by atoms with Crippen LogP contribution in [0.2, 0.25) is 0 Å². The molecular formula is C12H14ClNO2S. The molecule has 2 bridgehead atoms. The molecule has 0 heterocycles. The zero-order chi connectivity index (χ0) is 12.3. The number of hydrogen-bond acceptors (Lipinski definition) is 2. The van der Waals surface area contributed by atoms with E-state index < -0.39 is 10.0 Å². The van der Waals surface area contributed by atoms with Crippen LogP contribution in [0.3, 0.4) is 0 Å². The minimum atomic E-state index is -3.39. The molecule has 0 unspecified atom stereocenters. The zero-order valence-corrected chi connectivity index (χ0v) is 11.1. The van der Waals surface area contributed by atoms with E-state index in [0.29, 0.717) is 4.90 Å². The summed E-state index contributed by atoms with van der Waals surface area (Å²) >= 11 is 6.12. The standard InChI is InChI=1S/C12H14ClNO2S/c1-9-2-4-10(5-3-9)17(15,16)14-12-6-11(13,7-12)8-12/h2-5,14H,6-8H2,1H3. The third-order valence-electron chi connectivity index (χ3n) is 3.65. The smallest absolute Gasteiger partial charge is 0.207 e. The van der Waals surface area contributed by atoms with Crippen LogP contribution < -0.4 is 4.72 Å². The minimum absolute atomic E-state index is 0.115. The lowest BCUT2D eigenvalue weighted by Gasteiger charge is -2.67. The van der Waals surface area contributed by atoms with Crippen LogP contribution in [0.15, 0.2) is 29.2 Å². The average Bonchev–Trinajstić information content (AvgIpc) is 2.14. The molecule has 3 nitrogen and oxygen atoms in total. The van der Waals surface area contributed by atoms with Crippen molar-refractivity contribution in [1.29, 1.82) is 0 Å². The highest BCUT2D eigenvalue weighted by atomic mass is 35.5. The quantitative estimate of drug-likeness (QED) is 0.857. The zero-order valence-electron chi connectivity index (χ0n) is 9.53. The molecule has 3 aliphatic rings. The predicted octanol–water partition coefficient (Wildman–Crippen LogP) is 2.19. The lowest BCUT2D eigenvalue weighted by atomic mass is 9.49. The molecule has 4 rings (SSSR count). The molecule has 0 aliphatic heterocycles. The minimum Gasteiger partial charge on any atom is -0.207 e. The number of aryl methyl sites for hydroxylation is 1. The van der Waals surface area contributed by atoms with Crippen LogP contribution in [-0.4, -0.2) is 18.8 Å². The van der Waals surface area contributed by atoms with Gasteiger partial charge in [0.1, 0.15) is 0 Å². The van der Waals surface area contributed by atoms with Crippen LogP contribution >= 0.6 is 11.6 Å². The fourth-order valence-electron chi connectivity index (χ4n) is 2.83. The van der Waals surface area contributed by atoms with Crippen molar-refractivity contribution in [3.63, 3.8) is 0 Å². The second kappa shape index (κ2) is 3.25. The molecule has 0 aromatic heterocycles. The molecule has 0 amide bonds. The van der Waals surface area contributed by atoms with Crippen LogP contribution in [0.25, 0.3) is 0 Å². The van der Waals surface area contributed by atoms with Crippen molar-refractivity contribution in [1.82, 2.24) is 4.72 Å². The van der Waals surface area contributed by atoms with Crippen LogP contribution in [-0.2, 0) is 10.0 Å². The Morgan fingerprint density at radius 1 is 1.18 bits per heavy atom. The average molecular weight is 272 g/mol. The van der Waals surface area contributed by atoms with Crippen LogP contribution in [0.1, 0.15) is 24.8 Å². The van der Waals surface area contributed by atoms with Gasteiger partial charge < -0.3 is 0 Å². The van der Waals surface area contributed by atoms with E-state index in [1.165, 1.54) is 0 Å². The van der Waals surface area contributed by atoms with Gasteiger partial charge in [-0.3, -0.25) is 0 Å². The summed E-state index contributed by atoms with van der Waals surface area (Å²) in [6, 6.07) is 6.89. The van der Waals surface area contributed by atoms with Gasteiger partial charge in [0.15, 0.2) is 0 Å². The highest BCUT2D eigenvalue weighted by Crippen LogP contribution is 2.64. The van der Waals surface area contributed by atoms with Crippen molar-refractivity contribution < 1.29 is 8.42 Å². The maximum absolute atomic E-state index is 12.1. The van der Waals surface area contributed by atoms with Gasteiger partial charge in [-0.25, -0.2) is 13.1 Å². The Hall–Kier alpha value is -0.580. The topological polar surface area (TPSA) is 46.2 Å². The number of nitrogens with one attached hydrogen (secondary N) is 1. The number of hydrogen-bond donors (Lipinski definition) is 1. The first kappa shape index (κ1) is 11.5. The lowest BCUT2D eigenvalue weighted by molar-refractivity contribution is -0.00439. The molecule has 92 valence electrons. The van der Waals surface area contributed by atoms with E-state index in [1.54, 1.807) is 24.3 Å². The van der Waals surface area contributed by atoms with E-state index in [-0.39, 0.29) is 10.4 Å². The molecule has 3 fully saturated rings. The Morgan fingerprint density at radius 2 is 1.71 bits per heavy atom. The summed E-state index contributed by atoms with van der Waals surface area (Å²) in [7, 11) is -3.39. The van der Waals surface area contributed by atoms with Gasteiger partial charge in [-0.2, -0.15) is 0 Å². The largest absolute Gasteiger partial charge is 0.241 e. The van der Waals surface area contributed by atoms with E-state index >= 15 is 0 Å². The number of sulfonamides is 1. The Morgan fingerprint density at radius 3 is 2.18 bits per heavy atom. The molecule has 0 atom stereocenters. The number of benzene rings is 1. The van der Waals surface area contributed by atoms with Gasteiger partial charge in [-0.05, 0) is 38.3 Å². The van der Waals surface area contributed by atoms with E-state index in [2.05, 4.69) is 4.72 Å². The van der Waals surface area contributed by atoms with Gasteiger partial charge in [-0.1, -0.05) is 17.7 Å². The third-order valence-corrected chi connectivity index (χ3v) is 5.64. The summed E-state index contributed by atoms with van der Waals surface area (Å²) in [6.45, 7) is 1.93. The summed E-state index contributed by atoms with van der Waals surface area (Å²) in [5, 5.41) is 0. The van der Waals surface area contributed by atoms with E-state index in [1.807, 2.05) is 6.92 Å². The molecule has 5 heteroatoms. The van der Waals surface area contributed by atoms with Gasteiger partial charge in [0.2, 0.25) is 10.0 Å². The third kappa shape index (κ3) is 1.79.